The van der Waals surface area contributed by atoms with Crippen LogP contribution in [0.15, 0.2) is 58.7 Å². The van der Waals surface area contributed by atoms with Gasteiger partial charge in [0.05, 0.1) is 12.4 Å². The highest BCUT2D eigenvalue weighted by Gasteiger charge is 1.95. The highest BCUT2D eigenvalue weighted by molar-refractivity contribution is 5.82. The first-order valence-corrected chi connectivity index (χ1v) is 9.50. The number of rotatable bonds is 10. The predicted molar refractivity (Wildman–Crippen MR) is 110 cm³/mol. The van der Waals surface area contributed by atoms with Gasteiger partial charge in [0.25, 0.3) is 0 Å². The van der Waals surface area contributed by atoms with E-state index in [9.17, 15) is 0 Å². The molecule has 0 atom stereocenters. The number of benzene rings is 2. The average Bonchev–Trinajstić information content (AvgIpc) is 2.64. The van der Waals surface area contributed by atoms with Gasteiger partial charge in [0.1, 0.15) is 0 Å². The van der Waals surface area contributed by atoms with E-state index in [1.807, 2.05) is 12.1 Å². The fourth-order valence-corrected chi connectivity index (χ4v) is 2.73. The summed E-state index contributed by atoms with van der Waals surface area (Å²) in [6.45, 7) is 4.34. The van der Waals surface area contributed by atoms with Crippen molar-refractivity contribution >= 4 is 12.4 Å². The van der Waals surface area contributed by atoms with Gasteiger partial charge in [-0.1, -0.05) is 93.1 Å². The van der Waals surface area contributed by atoms with Crippen molar-refractivity contribution in [3.05, 3.63) is 70.8 Å². The highest BCUT2D eigenvalue weighted by Crippen LogP contribution is 2.10. The predicted octanol–water partition coefficient (Wildman–Crippen LogP) is 6.35. The molecule has 132 valence electrons. The van der Waals surface area contributed by atoms with E-state index in [0.29, 0.717) is 0 Å². The molecule has 0 saturated carbocycles. The topological polar surface area (TPSA) is 24.7 Å². The van der Waals surface area contributed by atoms with E-state index in [1.165, 1.54) is 56.1 Å². The normalized spacial score (nSPS) is 11.6. The van der Waals surface area contributed by atoms with Crippen molar-refractivity contribution in [1.29, 1.82) is 0 Å². The molecule has 0 aliphatic heterocycles. The van der Waals surface area contributed by atoms with Gasteiger partial charge in [0.15, 0.2) is 0 Å². The smallest absolute Gasteiger partial charge is 0.0568 e. The molecule has 2 heteroatoms. The molecule has 25 heavy (non-hydrogen) atoms. The fourth-order valence-electron chi connectivity index (χ4n) is 2.73. The minimum atomic E-state index is 1.07. The molecule has 0 N–H and O–H groups in total. The van der Waals surface area contributed by atoms with Crippen LogP contribution in [0.25, 0.3) is 0 Å². The molecule has 2 rings (SSSR count). The van der Waals surface area contributed by atoms with Crippen LogP contribution in [0.1, 0.15) is 67.7 Å². The first-order chi connectivity index (χ1) is 12.3. The molecule has 0 fully saturated rings. The van der Waals surface area contributed by atoms with Crippen molar-refractivity contribution in [2.75, 3.05) is 0 Å². The zero-order chi connectivity index (χ0) is 17.7. The Hall–Kier alpha value is -2.22. The van der Waals surface area contributed by atoms with Crippen molar-refractivity contribution in [2.45, 2.75) is 58.8 Å². The Morgan fingerprint density at radius 1 is 0.680 bits per heavy atom. The Morgan fingerprint density at radius 3 is 1.80 bits per heavy atom. The number of aryl methyl sites for hydroxylation is 2. The summed E-state index contributed by atoms with van der Waals surface area (Å²) in [4.78, 5) is 0. The van der Waals surface area contributed by atoms with Crippen LogP contribution in [0.4, 0.5) is 0 Å². The molecule has 2 aromatic rings. The summed E-state index contributed by atoms with van der Waals surface area (Å²) in [5.41, 5.74) is 4.82. The standard InChI is InChI=1S/C23H30N2/c1-3-4-5-6-7-8-9-21-14-16-23(17-15-21)19-25-24-18-22-12-10-20(2)11-13-22/h10-19H,3-9H2,1-2H3. The van der Waals surface area contributed by atoms with E-state index in [0.717, 1.165) is 11.1 Å². The lowest BCUT2D eigenvalue weighted by atomic mass is 10.0. The second kappa shape index (κ2) is 11.4. The summed E-state index contributed by atoms with van der Waals surface area (Å²) in [7, 11) is 0. The van der Waals surface area contributed by atoms with Crippen LogP contribution >= 0.6 is 0 Å². The summed E-state index contributed by atoms with van der Waals surface area (Å²) < 4.78 is 0. The monoisotopic (exact) mass is 334 g/mol. The van der Waals surface area contributed by atoms with E-state index in [4.69, 9.17) is 0 Å². The second-order valence-electron chi connectivity index (χ2n) is 6.66. The molecular weight excluding hydrogens is 304 g/mol. The number of unbranched alkanes of at least 4 members (excludes halogenated alkanes) is 5. The Balaban J connectivity index is 1.73. The van der Waals surface area contributed by atoms with Crippen molar-refractivity contribution in [1.82, 2.24) is 0 Å². The maximum absolute atomic E-state index is 4.14. The van der Waals surface area contributed by atoms with Gasteiger partial charge >= 0.3 is 0 Å². The maximum Gasteiger partial charge on any atom is 0.0568 e. The van der Waals surface area contributed by atoms with Crippen LogP contribution in [-0.4, -0.2) is 12.4 Å². The second-order valence-corrected chi connectivity index (χ2v) is 6.66. The SMILES string of the molecule is CCCCCCCCc1ccc(C=NN=Cc2ccc(C)cc2)cc1. The minimum Gasteiger partial charge on any atom is -0.159 e. The van der Waals surface area contributed by atoms with Gasteiger partial charge in [0, 0.05) is 0 Å². The van der Waals surface area contributed by atoms with Gasteiger partial charge in [-0.15, -0.1) is 0 Å². The van der Waals surface area contributed by atoms with Crippen molar-refractivity contribution in [3.8, 4) is 0 Å². The average molecular weight is 335 g/mol. The first kappa shape index (κ1) is 19.1. The molecule has 0 radical (unpaired) electrons. The van der Waals surface area contributed by atoms with E-state index in [-0.39, 0.29) is 0 Å². The molecule has 0 aromatic heterocycles. The van der Waals surface area contributed by atoms with E-state index < -0.39 is 0 Å². The minimum absolute atomic E-state index is 1.07. The molecule has 2 nitrogen and oxygen atoms in total. The summed E-state index contributed by atoms with van der Waals surface area (Å²) in [5.74, 6) is 0. The summed E-state index contributed by atoms with van der Waals surface area (Å²) in [5, 5.41) is 8.26. The molecule has 0 unspecified atom stereocenters. The van der Waals surface area contributed by atoms with Crippen molar-refractivity contribution < 1.29 is 0 Å². The third kappa shape index (κ3) is 7.93. The number of nitrogens with zero attached hydrogens (tertiary/aromatic N) is 2. The lowest BCUT2D eigenvalue weighted by Crippen LogP contribution is -1.88. The van der Waals surface area contributed by atoms with Gasteiger partial charge in [-0.2, -0.15) is 10.2 Å². The fraction of sp³-hybridized carbons (Fsp3) is 0.391. The molecule has 0 spiro atoms. The Morgan fingerprint density at radius 2 is 1.20 bits per heavy atom. The van der Waals surface area contributed by atoms with Gasteiger partial charge in [-0.3, -0.25) is 0 Å². The third-order valence-electron chi connectivity index (χ3n) is 4.36. The Bertz CT molecular complexity index is 651. The summed E-state index contributed by atoms with van der Waals surface area (Å²) >= 11 is 0. The molecule has 0 amide bonds. The zero-order valence-electron chi connectivity index (χ0n) is 15.6. The van der Waals surface area contributed by atoms with E-state index in [1.54, 1.807) is 12.4 Å². The molecule has 0 bridgehead atoms. The van der Waals surface area contributed by atoms with Crippen LogP contribution in [0.3, 0.4) is 0 Å². The van der Waals surface area contributed by atoms with Crippen molar-refractivity contribution in [3.63, 3.8) is 0 Å². The van der Waals surface area contributed by atoms with Crippen molar-refractivity contribution in [2.24, 2.45) is 10.2 Å². The Labute approximate surface area is 152 Å². The molecule has 2 aromatic carbocycles. The first-order valence-electron chi connectivity index (χ1n) is 9.50. The quantitative estimate of drug-likeness (QED) is 0.275. The van der Waals surface area contributed by atoms with E-state index >= 15 is 0 Å². The van der Waals surface area contributed by atoms with Gasteiger partial charge in [-0.05, 0) is 36.5 Å². The molecule has 0 heterocycles. The number of hydrogen-bond donors (Lipinski definition) is 0. The van der Waals surface area contributed by atoms with Crippen LogP contribution in [-0.2, 0) is 6.42 Å². The highest BCUT2D eigenvalue weighted by atomic mass is 15.2. The largest absolute Gasteiger partial charge is 0.159 e. The van der Waals surface area contributed by atoms with Crippen LogP contribution in [0.2, 0.25) is 0 Å². The molecule has 0 saturated heterocycles. The maximum atomic E-state index is 4.14. The number of hydrogen-bond acceptors (Lipinski definition) is 2. The van der Waals surface area contributed by atoms with Crippen LogP contribution < -0.4 is 0 Å². The van der Waals surface area contributed by atoms with E-state index in [2.05, 4.69) is 60.4 Å². The lowest BCUT2D eigenvalue weighted by molar-refractivity contribution is 0.607. The van der Waals surface area contributed by atoms with Crippen LogP contribution in [0.5, 0.6) is 0 Å². The van der Waals surface area contributed by atoms with Gasteiger partial charge in [0.2, 0.25) is 0 Å². The van der Waals surface area contributed by atoms with Gasteiger partial charge in [-0.25, -0.2) is 0 Å². The third-order valence-corrected chi connectivity index (χ3v) is 4.36. The van der Waals surface area contributed by atoms with Crippen LogP contribution in [0, 0.1) is 6.92 Å². The molecule has 0 aliphatic rings. The Kier molecular flexibility index (Phi) is 8.68. The summed E-state index contributed by atoms with van der Waals surface area (Å²) in [6, 6.07) is 16.9. The zero-order valence-corrected chi connectivity index (χ0v) is 15.6. The molecule has 0 aliphatic carbocycles. The molecular formula is C23H30N2. The summed E-state index contributed by atoms with van der Waals surface area (Å²) in [6.07, 6.45) is 12.8. The lowest BCUT2D eigenvalue weighted by Gasteiger charge is -2.02. The van der Waals surface area contributed by atoms with Gasteiger partial charge < -0.3 is 0 Å².